The summed E-state index contributed by atoms with van der Waals surface area (Å²) in [4.78, 5) is 12.4. The van der Waals surface area contributed by atoms with Gasteiger partial charge in [0.05, 0.1) is 16.8 Å². The van der Waals surface area contributed by atoms with Gasteiger partial charge in [-0.25, -0.2) is 0 Å². The van der Waals surface area contributed by atoms with Gasteiger partial charge in [-0.1, -0.05) is 34.0 Å². The Morgan fingerprint density at radius 1 is 1.57 bits per heavy atom. The molecule has 114 valence electrons. The van der Waals surface area contributed by atoms with Crippen LogP contribution in [0.4, 0.5) is 0 Å². The second kappa shape index (κ2) is 8.92. The van der Waals surface area contributed by atoms with Gasteiger partial charge in [-0.15, -0.1) is 6.42 Å². The standard InChI is InChI=1S/C17H20BrIO2/c1-4-10-21-13(2)8-9-17(3,16(20)12-18)14-6-5-7-15(19)11-14/h1,5-7,11,13H,8-10,12H2,2-3H3. The number of terminal acetylenes is 1. The van der Waals surface area contributed by atoms with Gasteiger partial charge in [0, 0.05) is 3.57 Å². The highest BCUT2D eigenvalue weighted by molar-refractivity contribution is 14.1. The molecule has 0 saturated heterocycles. The van der Waals surface area contributed by atoms with Crippen LogP contribution in [0.2, 0.25) is 0 Å². The Morgan fingerprint density at radius 3 is 2.86 bits per heavy atom. The first-order valence-corrected chi connectivity index (χ1v) is 9.04. The fourth-order valence-corrected chi connectivity index (χ4v) is 3.35. The number of benzene rings is 1. The van der Waals surface area contributed by atoms with Crippen molar-refractivity contribution in [1.82, 2.24) is 0 Å². The molecule has 0 aromatic heterocycles. The second-order valence-corrected chi connectivity index (χ2v) is 7.07. The van der Waals surface area contributed by atoms with Crippen LogP contribution in [0.5, 0.6) is 0 Å². The molecule has 1 aromatic carbocycles. The van der Waals surface area contributed by atoms with Crippen LogP contribution in [0.25, 0.3) is 0 Å². The SMILES string of the molecule is C#CCOC(C)CCC(C)(C(=O)CBr)c1cccc(I)c1. The average Bonchev–Trinajstić information content (AvgIpc) is 2.49. The van der Waals surface area contributed by atoms with E-state index >= 15 is 0 Å². The maximum Gasteiger partial charge on any atom is 0.153 e. The predicted octanol–water partition coefficient (Wildman–Crippen LogP) is 4.33. The van der Waals surface area contributed by atoms with E-state index in [9.17, 15) is 4.79 Å². The number of rotatable bonds is 8. The van der Waals surface area contributed by atoms with Gasteiger partial charge in [0.15, 0.2) is 5.78 Å². The van der Waals surface area contributed by atoms with Crippen molar-refractivity contribution in [1.29, 1.82) is 0 Å². The number of alkyl halides is 1. The number of carbonyl (C=O) groups excluding carboxylic acids is 1. The van der Waals surface area contributed by atoms with Crippen molar-refractivity contribution in [3.05, 3.63) is 33.4 Å². The Bertz CT molecular complexity index is 524. The minimum Gasteiger partial charge on any atom is -0.366 e. The predicted molar refractivity (Wildman–Crippen MR) is 98.8 cm³/mol. The molecule has 2 unspecified atom stereocenters. The Kier molecular flexibility index (Phi) is 7.93. The smallest absolute Gasteiger partial charge is 0.153 e. The molecular weight excluding hydrogens is 443 g/mol. The first-order valence-electron chi connectivity index (χ1n) is 6.84. The van der Waals surface area contributed by atoms with Crippen molar-refractivity contribution in [3.63, 3.8) is 0 Å². The molecule has 2 nitrogen and oxygen atoms in total. The van der Waals surface area contributed by atoms with E-state index in [1.54, 1.807) is 0 Å². The van der Waals surface area contributed by atoms with Gasteiger partial charge in [0.1, 0.15) is 6.61 Å². The molecular formula is C17H20BrIO2. The average molecular weight is 463 g/mol. The normalized spacial score (nSPS) is 15.0. The molecule has 0 fully saturated rings. The largest absolute Gasteiger partial charge is 0.366 e. The quantitative estimate of drug-likeness (QED) is 0.326. The third kappa shape index (κ3) is 5.39. The van der Waals surface area contributed by atoms with Crippen LogP contribution in [-0.2, 0) is 14.9 Å². The van der Waals surface area contributed by atoms with Crippen molar-refractivity contribution < 1.29 is 9.53 Å². The summed E-state index contributed by atoms with van der Waals surface area (Å²) >= 11 is 5.58. The minimum atomic E-state index is -0.502. The van der Waals surface area contributed by atoms with Gasteiger partial charge >= 0.3 is 0 Å². The van der Waals surface area contributed by atoms with Gasteiger partial charge in [0.2, 0.25) is 0 Å². The monoisotopic (exact) mass is 462 g/mol. The van der Waals surface area contributed by atoms with E-state index in [2.05, 4.69) is 50.5 Å². The molecule has 0 spiro atoms. The summed E-state index contributed by atoms with van der Waals surface area (Å²) in [5, 5.41) is 0.356. The Labute approximate surface area is 149 Å². The molecule has 0 N–H and O–H groups in total. The van der Waals surface area contributed by atoms with Crippen molar-refractivity contribution in [2.75, 3.05) is 11.9 Å². The molecule has 0 saturated carbocycles. The van der Waals surface area contributed by atoms with Crippen LogP contribution >= 0.6 is 38.5 Å². The topological polar surface area (TPSA) is 26.3 Å². The zero-order valence-electron chi connectivity index (χ0n) is 12.4. The molecule has 0 aliphatic heterocycles. The summed E-state index contributed by atoms with van der Waals surface area (Å²) in [6, 6.07) is 8.13. The van der Waals surface area contributed by atoms with Crippen molar-refractivity contribution >= 4 is 44.3 Å². The number of carbonyl (C=O) groups is 1. The number of hydrogen-bond donors (Lipinski definition) is 0. The molecule has 2 atom stereocenters. The molecule has 0 heterocycles. The highest BCUT2D eigenvalue weighted by Crippen LogP contribution is 2.32. The molecule has 1 rings (SSSR count). The summed E-state index contributed by atoms with van der Waals surface area (Å²) in [7, 11) is 0. The van der Waals surface area contributed by atoms with E-state index in [1.807, 2.05) is 32.0 Å². The molecule has 0 aliphatic carbocycles. The lowest BCUT2D eigenvalue weighted by molar-refractivity contribution is -0.121. The first-order chi connectivity index (χ1) is 9.93. The van der Waals surface area contributed by atoms with Gasteiger partial charge in [0.25, 0.3) is 0 Å². The Morgan fingerprint density at radius 2 is 2.29 bits per heavy atom. The van der Waals surface area contributed by atoms with Crippen LogP contribution in [-0.4, -0.2) is 23.8 Å². The zero-order chi connectivity index (χ0) is 15.9. The molecule has 4 heteroatoms. The highest BCUT2D eigenvalue weighted by atomic mass is 127. The molecule has 0 radical (unpaired) electrons. The lowest BCUT2D eigenvalue weighted by atomic mass is 9.75. The maximum absolute atomic E-state index is 12.4. The number of Topliss-reactive ketones (excluding diaryl/α,β-unsaturated/α-hetero) is 1. The molecule has 1 aromatic rings. The van der Waals surface area contributed by atoms with Gasteiger partial charge in [-0.05, 0) is 67.0 Å². The van der Waals surface area contributed by atoms with Gasteiger partial charge in [-0.2, -0.15) is 0 Å². The summed E-state index contributed by atoms with van der Waals surface area (Å²) in [6.45, 7) is 4.31. The van der Waals surface area contributed by atoms with E-state index in [-0.39, 0.29) is 11.9 Å². The summed E-state index contributed by atoms with van der Waals surface area (Å²) in [5.41, 5.74) is 0.557. The zero-order valence-corrected chi connectivity index (χ0v) is 16.1. The fraction of sp³-hybridized carbons (Fsp3) is 0.471. The van der Waals surface area contributed by atoms with E-state index < -0.39 is 5.41 Å². The van der Waals surface area contributed by atoms with Crippen LogP contribution in [0, 0.1) is 15.9 Å². The number of ketones is 1. The Balaban J connectivity index is 2.90. The second-order valence-electron chi connectivity index (χ2n) is 5.26. The molecule has 0 bridgehead atoms. The maximum atomic E-state index is 12.4. The van der Waals surface area contributed by atoms with Crippen LogP contribution < -0.4 is 0 Å². The summed E-state index contributed by atoms with van der Waals surface area (Å²) in [6.07, 6.45) is 6.78. The van der Waals surface area contributed by atoms with E-state index in [4.69, 9.17) is 11.2 Å². The molecule has 0 aliphatic rings. The fourth-order valence-electron chi connectivity index (χ4n) is 2.19. The lowest BCUT2D eigenvalue weighted by Crippen LogP contribution is -2.34. The highest BCUT2D eigenvalue weighted by Gasteiger charge is 2.34. The van der Waals surface area contributed by atoms with E-state index in [1.165, 1.54) is 0 Å². The number of ether oxygens (including phenoxy) is 1. The first kappa shape index (κ1) is 18.7. The summed E-state index contributed by atoms with van der Waals surface area (Å²) in [5.74, 6) is 2.66. The number of hydrogen-bond acceptors (Lipinski definition) is 2. The van der Waals surface area contributed by atoms with Gasteiger partial charge < -0.3 is 4.74 Å². The molecule has 21 heavy (non-hydrogen) atoms. The van der Waals surface area contributed by atoms with Crippen molar-refractivity contribution in [2.24, 2.45) is 0 Å². The van der Waals surface area contributed by atoms with Crippen LogP contribution in [0.3, 0.4) is 0 Å². The van der Waals surface area contributed by atoms with Gasteiger partial charge in [-0.3, -0.25) is 4.79 Å². The van der Waals surface area contributed by atoms with Crippen LogP contribution in [0.1, 0.15) is 32.3 Å². The lowest BCUT2D eigenvalue weighted by Gasteiger charge is -2.29. The minimum absolute atomic E-state index is 0.0475. The van der Waals surface area contributed by atoms with Crippen molar-refractivity contribution in [2.45, 2.75) is 38.2 Å². The third-order valence-electron chi connectivity index (χ3n) is 3.70. The summed E-state index contributed by atoms with van der Waals surface area (Å²) < 4.78 is 6.63. The van der Waals surface area contributed by atoms with E-state index in [0.29, 0.717) is 11.9 Å². The number of halogens is 2. The third-order valence-corrected chi connectivity index (χ3v) is 4.88. The van der Waals surface area contributed by atoms with Crippen LogP contribution in [0.15, 0.2) is 24.3 Å². The Hall–Kier alpha value is -0.380. The van der Waals surface area contributed by atoms with Crippen molar-refractivity contribution in [3.8, 4) is 12.3 Å². The van der Waals surface area contributed by atoms with E-state index in [0.717, 1.165) is 22.0 Å². The molecule has 0 amide bonds.